The second-order valence-corrected chi connectivity index (χ2v) is 7.43. The fourth-order valence-corrected chi connectivity index (χ4v) is 3.08. The van der Waals surface area contributed by atoms with Crippen molar-refractivity contribution < 1.29 is 23.5 Å². The Balaban J connectivity index is 1.56. The molecular weight excluding hydrogens is 420 g/mol. The van der Waals surface area contributed by atoms with E-state index in [-0.39, 0.29) is 12.4 Å². The van der Waals surface area contributed by atoms with Gasteiger partial charge in [-0.05, 0) is 49.2 Å². The lowest BCUT2D eigenvalue weighted by molar-refractivity contribution is -0.140. The molecule has 33 heavy (non-hydrogen) atoms. The Morgan fingerprint density at radius 3 is 2.55 bits per heavy atom. The van der Waals surface area contributed by atoms with Crippen LogP contribution in [0.2, 0.25) is 0 Å². The smallest absolute Gasteiger partial charge is 0.311 e. The molecule has 3 rings (SSSR count). The monoisotopic (exact) mass is 450 g/mol. The molecule has 0 aliphatic carbocycles. The van der Waals surface area contributed by atoms with E-state index < -0.39 is 0 Å². The van der Waals surface area contributed by atoms with E-state index in [2.05, 4.69) is 10.5 Å². The summed E-state index contributed by atoms with van der Waals surface area (Å²) >= 11 is 0. The molecule has 3 aromatic rings. The lowest BCUT2D eigenvalue weighted by atomic mass is 10.1. The minimum Gasteiger partial charge on any atom is -0.493 e. The topological polar surface area (TPSA) is 82.8 Å². The van der Waals surface area contributed by atoms with Crippen molar-refractivity contribution in [3.8, 4) is 17.2 Å². The van der Waals surface area contributed by atoms with Crippen molar-refractivity contribution in [1.82, 2.24) is 10.5 Å². The van der Waals surface area contributed by atoms with Crippen LogP contribution < -0.4 is 10.2 Å². The maximum absolute atomic E-state index is 11.7. The molecule has 7 heteroatoms. The molecule has 2 aromatic carbocycles. The first-order valence-corrected chi connectivity index (χ1v) is 11.0. The summed E-state index contributed by atoms with van der Waals surface area (Å²) in [5, 5.41) is 0. The molecule has 0 aliphatic rings. The minimum absolute atomic E-state index is 0.0977. The van der Waals surface area contributed by atoms with Gasteiger partial charge in [0.25, 0.3) is 0 Å². The van der Waals surface area contributed by atoms with E-state index in [9.17, 15) is 4.79 Å². The minimum atomic E-state index is -0.340. The van der Waals surface area contributed by atoms with Crippen molar-refractivity contribution in [2.75, 3.05) is 20.3 Å². The van der Waals surface area contributed by atoms with Gasteiger partial charge in [-0.2, -0.15) is 0 Å². The Bertz CT molecular complexity index is 1040. The summed E-state index contributed by atoms with van der Waals surface area (Å²) in [6, 6.07) is 17.5. The van der Waals surface area contributed by atoms with Gasteiger partial charge >= 0.3 is 5.97 Å². The Labute approximate surface area is 194 Å². The molecule has 0 saturated carbocycles. The zero-order chi connectivity index (χ0) is 23.5. The summed E-state index contributed by atoms with van der Waals surface area (Å²) in [6.45, 7) is 4.95. The molecule has 0 aliphatic heterocycles. The lowest BCUT2D eigenvalue weighted by Gasteiger charge is -2.10. The molecule has 1 N–H and O–H groups in total. The molecule has 0 bridgehead atoms. The predicted octanol–water partition coefficient (Wildman–Crippen LogP) is 5.11. The van der Waals surface area contributed by atoms with E-state index in [0.717, 1.165) is 34.8 Å². The zero-order valence-electron chi connectivity index (χ0n) is 19.3. The maximum Gasteiger partial charge on any atom is 0.311 e. The van der Waals surface area contributed by atoms with Crippen LogP contribution in [-0.2, 0) is 20.8 Å². The van der Waals surface area contributed by atoms with E-state index >= 15 is 0 Å². The lowest BCUT2D eigenvalue weighted by Crippen LogP contribution is -2.18. The molecule has 0 radical (unpaired) electrons. The van der Waals surface area contributed by atoms with E-state index in [4.69, 9.17) is 18.7 Å². The van der Waals surface area contributed by atoms with Crippen LogP contribution >= 0.6 is 0 Å². The summed E-state index contributed by atoms with van der Waals surface area (Å²) in [6.07, 6.45) is 3.46. The van der Waals surface area contributed by atoms with E-state index in [0.29, 0.717) is 31.2 Å². The second-order valence-electron chi connectivity index (χ2n) is 7.43. The molecule has 0 amide bonds. The van der Waals surface area contributed by atoms with Gasteiger partial charge in [-0.15, -0.1) is 0 Å². The summed E-state index contributed by atoms with van der Waals surface area (Å²) < 4.78 is 16.4. The summed E-state index contributed by atoms with van der Waals surface area (Å²) in [5.41, 5.74) is 6.21. The van der Waals surface area contributed by atoms with Gasteiger partial charge in [0.05, 0.1) is 32.4 Å². The highest BCUT2D eigenvalue weighted by molar-refractivity contribution is 5.74. The van der Waals surface area contributed by atoms with Gasteiger partial charge in [-0.1, -0.05) is 37.3 Å². The number of oxazole rings is 1. The number of ether oxygens (including phenoxy) is 2. The largest absolute Gasteiger partial charge is 0.493 e. The Morgan fingerprint density at radius 2 is 1.85 bits per heavy atom. The average Bonchev–Trinajstić information content (AvgIpc) is 3.21. The van der Waals surface area contributed by atoms with Crippen LogP contribution in [0.25, 0.3) is 17.5 Å². The van der Waals surface area contributed by atoms with Crippen molar-refractivity contribution >= 4 is 12.0 Å². The van der Waals surface area contributed by atoms with Crippen LogP contribution in [0.3, 0.4) is 0 Å². The van der Waals surface area contributed by atoms with Crippen molar-refractivity contribution in [3.05, 3.63) is 77.3 Å². The Morgan fingerprint density at radius 1 is 1.09 bits per heavy atom. The van der Waals surface area contributed by atoms with E-state index in [1.165, 1.54) is 7.11 Å². The molecular formula is C26H30N2O5. The van der Waals surface area contributed by atoms with Gasteiger partial charge in [0, 0.05) is 17.7 Å². The average molecular weight is 451 g/mol. The zero-order valence-corrected chi connectivity index (χ0v) is 19.3. The number of carbonyl (C=O) groups excluding carboxylic acids is 1. The number of aryl methyl sites for hydroxylation is 1. The van der Waals surface area contributed by atoms with Crippen LogP contribution in [0.1, 0.15) is 36.8 Å². The Hall–Kier alpha value is -3.58. The fraction of sp³-hybridized carbons (Fsp3) is 0.308. The third-order valence-electron chi connectivity index (χ3n) is 4.81. The first kappa shape index (κ1) is 24.1. The number of esters is 1. The van der Waals surface area contributed by atoms with Crippen LogP contribution in [0.4, 0.5) is 0 Å². The second kappa shape index (κ2) is 12.5. The van der Waals surface area contributed by atoms with Gasteiger partial charge in [0.15, 0.2) is 0 Å². The van der Waals surface area contributed by atoms with Crippen LogP contribution in [0.15, 0.2) is 64.7 Å². The SMILES string of the molecule is CCCONC(=Cc1ccc(OCCc2nc(-c3ccccc3)oc2C)cc1)CC(=O)OC. The highest BCUT2D eigenvalue weighted by atomic mass is 16.6. The van der Waals surface area contributed by atoms with Gasteiger partial charge < -0.3 is 13.9 Å². The first-order chi connectivity index (χ1) is 16.1. The molecule has 0 saturated heterocycles. The normalized spacial score (nSPS) is 11.3. The van der Waals surface area contributed by atoms with Crippen molar-refractivity contribution in [2.45, 2.75) is 33.1 Å². The third kappa shape index (κ3) is 7.50. The van der Waals surface area contributed by atoms with Crippen LogP contribution in [0, 0.1) is 6.92 Å². The number of benzene rings is 2. The number of nitrogens with one attached hydrogen (secondary N) is 1. The summed E-state index contributed by atoms with van der Waals surface area (Å²) in [4.78, 5) is 21.6. The number of hydrogen-bond acceptors (Lipinski definition) is 7. The van der Waals surface area contributed by atoms with Gasteiger partial charge in [-0.25, -0.2) is 4.98 Å². The molecule has 1 heterocycles. The number of rotatable bonds is 12. The van der Waals surface area contributed by atoms with E-state index in [1.807, 2.05) is 74.5 Å². The van der Waals surface area contributed by atoms with Crippen LogP contribution in [0.5, 0.6) is 5.75 Å². The predicted molar refractivity (Wildman–Crippen MR) is 126 cm³/mol. The first-order valence-electron chi connectivity index (χ1n) is 11.0. The molecule has 1 aromatic heterocycles. The number of nitrogens with zero attached hydrogens (tertiary/aromatic N) is 1. The molecule has 0 spiro atoms. The number of hydroxylamine groups is 1. The number of hydrogen-bond donors (Lipinski definition) is 1. The Kier molecular flexibility index (Phi) is 9.08. The highest BCUT2D eigenvalue weighted by Crippen LogP contribution is 2.22. The van der Waals surface area contributed by atoms with E-state index in [1.54, 1.807) is 0 Å². The number of carbonyl (C=O) groups is 1. The van der Waals surface area contributed by atoms with Gasteiger partial charge in [0.2, 0.25) is 5.89 Å². The standard InChI is InChI=1S/C26H30N2O5/c1-4-15-32-28-22(18-25(29)30-3)17-20-10-12-23(13-11-20)31-16-14-24-19(2)33-26(27-24)21-8-6-5-7-9-21/h5-13,17,28H,4,14-16,18H2,1-3H3. The van der Waals surface area contributed by atoms with Crippen molar-refractivity contribution in [1.29, 1.82) is 0 Å². The third-order valence-corrected chi connectivity index (χ3v) is 4.81. The van der Waals surface area contributed by atoms with Crippen molar-refractivity contribution in [3.63, 3.8) is 0 Å². The molecule has 0 unspecified atom stereocenters. The van der Waals surface area contributed by atoms with Gasteiger partial charge in [0.1, 0.15) is 11.5 Å². The molecule has 0 fully saturated rings. The number of methoxy groups -OCH3 is 1. The van der Waals surface area contributed by atoms with Crippen molar-refractivity contribution in [2.24, 2.45) is 0 Å². The maximum atomic E-state index is 11.7. The summed E-state index contributed by atoms with van der Waals surface area (Å²) in [7, 11) is 1.36. The number of aromatic nitrogens is 1. The molecule has 174 valence electrons. The molecule has 0 atom stereocenters. The molecule has 7 nitrogen and oxygen atoms in total. The highest BCUT2D eigenvalue weighted by Gasteiger charge is 2.11. The van der Waals surface area contributed by atoms with Gasteiger partial charge in [-0.3, -0.25) is 15.1 Å². The summed E-state index contributed by atoms with van der Waals surface area (Å²) in [5.74, 6) is 1.83. The quantitative estimate of drug-likeness (QED) is 0.233. The fourth-order valence-electron chi connectivity index (χ4n) is 3.08. The van der Waals surface area contributed by atoms with Crippen LogP contribution in [-0.4, -0.2) is 31.3 Å².